The molecule has 0 aliphatic carbocycles. The first-order valence-corrected chi connectivity index (χ1v) is 7.25. The fourth-order valence-electron chi connectivity index (χ4n) is 2.47. The fraction of sp³-hybridized carbons (Fsp3) is 0.500. The molecule has 0 radical (unpaired) electrons. The largest absolute Gasteiger partial charge is 0.336 e. The molecule has 0 saturated carbocycles. The second-order valence-corrected chi connectivity index (χ2v) is 6.32. The van der Waals surface area contributed by atoms with Gasteiger partial charge in [-0.15, -0.1) is 0 Å². The first-order chi connectivity index (χ1) is 8.84. The molecule has 1 aliphatic rings. The molecular weight excluding hydrogens is 306 g/mol. The summed E-state index contributed by atoms with van der Waals surface area (Å²) in [5.41, 5.74) is 12.0. The van der Waals surface area contributed by atoms with Gasteiger partial charge in [0.25, 0.3) is 0 Å². The highest BCUT2D eigenvalue weighted by Crippen LogP contribution is 2.26. The van der Waals surface area contributed by atoms with Gasteiger partial charge in [-0.25, -0.2) is 0 Å². The number of hydrogen-bond acceptors (Lipinski definition) is 3. The minimum atomic E-state index is -1.01. The molecule has 4 nitrogen and oxygen atoms in total. The molecule has 1 aromatic rings. The van der Waals surface area contributed by atoms with Gasteiger partial charge in [0.1, 0.15) is 5.54 Å². The minimum Gasteiger partial charge on any atom is -0.336 e. The smallest absolute Gasteiger partial charge is 0.247 e. The summed E-state index contributed by atoms with van der Waals surface area (Å²) in [5, 5.41) is 0. The first-order valence-electron chi connectivity index (χ1n) is 6.45. The maximum Gasteiger partial charge on any atom is 0.247 e. The Bertz CT molecular complexity index is 472. The third-order valence-corrected chi connectivity index (χ3v) is 4.49. The van der Waals surface area contributed by atoms with E-state index in [1.165, 1.54) is 0 Å². The van der Waals surface area contributed by atoms with Gasteiger partial charge in [-0.05, 0) is 38.0 Å². The SMILES string of the molecule is CC1C(N)CCN1C(=O)C(C)(N)c1ccc(Br)cc1. The van der Waals surface area contributed by atoms with Gasteiger partial charge in [-0.2, -0.15) is 0 Å². The third-order valence-electron chi connectivity index (χ3n) is 3.96. The number of hydrogen-bond donors (Lipinski definition) is 2. The summed E-state index contributed by atoms with van der Waals surface area (Å²) in [4.78, 5) is 14.4. The molecule has 1 aromatic carbocycles. The van der Waals surface area contributed by atoms with Crippen molar-refractivity contribution in [1.82, 2.24) is 4.90 Å². The van der Waals surface area contributed by atoms with Gasteiger partial charge >= 0.3 is 0 Å². The molecule has 0 aromatic heterocycles. The topological polar surface area (TPSA) is 72.3 Å². The van der Waals surface area contributed by atoms with Crippen LogP contribution in [-0.2, 0) is 10.3 Å². The number of benzene rings is 1. The lowest BCUT2D eigenvalue weighted by atomic mass is 9.91. The van der Waals surface area contributed by atoms with Gasteiger partial charge in [0.15, 0.2) is 0 Å². The van der Waals surface area contributed by atoms with E-state index in [1.807, 2.05) is 31.2 Å². The molecule has 1 aliphatic heterocycles. The molecular formula is C14H20BrN3O. The summed E-state index contributed by atoms with van der Waals surface area (Å²) in [5.74, 6) is -0.0599. The normalized spacial score (nSPS) is 26.3. The average Bonchev–Trinajstić information content (AvgIpc) is 2.69. The highest BCUT2D eigenvalue weighted by Gasteiger charge is 2.40. The lowest BCUT2D eigenvalue weighted by Gasteiger charge is -2.32. The maximum atomic E-state index is 12.6. The Morgan fingerprint density at radius 1 is 1.42 bits per heavy atom. The van der Waals surface area contributed by atoms with Gasteiger partial charge in [-0.3, -0.25) is 4.79 Å². The summed E-state index contributed by atoms with van der Waals surface area (Å²) < 4.78 is 0.969. The molecule has 3 atom stereocenters. The van der Waals surface area contributed by atoms with Crippen LogP contribution in [0.15, 0.2) is 28.7 Å². The van der Waals surface area contributed by atoms with Crippen LogP contribution in [0.2, 0.25) is 0 Å². The summed E-state index contributed by atoms with van der Waals surface area (Å²) in [6.45, 7) is 4.42. The van der Waals surface area contributed by atoms with E-state index in [0.29, 0.717) is 6.54 Å². The summed E-state index contributed by atoms with van der Waals surface area (Å²) in [6, 6.07) is 7.64. The van der Waals surface area contributed by atoms with Crippen molar-refractivity contribution >= 4 is 21.8 Å². The second kappa shape index (κ2) is 5.23. The van der Waals surface area contributed by atoms with Crippen molar-refractivity contribution in [2.75, 3.05) is 6.54 Å². The Balaban J connectivity index is 2.24. The molecule has 1 saturated heterocycles. The Morgan fingerprint density at radius 2 is 2.00 bits per heavy atom. The van der Waals surface area contributed by atoms with Crippen molar-refractivity contribution in [3.8, 4) is 0 Å². The number of rotatable bonds is 2. The molecule has 19 heavy (non-hydrogen) atoms. The zero-order chi connectivity index (χ0) is 14.2. The maximum absolute atomic E-state index is 12.6. The van der Waals surface area contributed by atoms with E-state index < -0.39 is 5.54 Å². The number of carbonyl (C=O) groups excluding carboxylic acids is 1. The number of amides is 1. The van der Waals surface area contributed by atoms with E-state index in [2.05, 4.69) is 15.9 Å². The fourth-order valence-corrected chi connectivity index (χ4v) is 2.73. The van der Waals surface area contributed by atoms with Crippen LogP contribution in [0.25, 0.3) is 0 Å². The minimum absolute atomic E-state index is 0.0460. The molecule has 4 N–H and O–H groups in total. The number of carbonyl (C=O) groups is 1. The standard InChI is InChI=1S/C14H20BrN3O/c1-9-12(16)7-8-18(9)13(19)14(2,17)10-3-5-11(15)6-4-10/h3-6,9,12H,7-8,16-17H2,1-2H3. The molecule has 2 rings (SSSR count). The summed E-state index contributed by atoms with van der Waals surface area (Å²) in [6.07, 6.45) is 0.837. The molecule has 3 unspecified atom stereocenters. The van der Waals surface area contributed by atoms with Crippen LogP contribution in [0.1, 0.15) is 25.8 Å². The molecule has 0 spiro atoms. The zero-order valence-corrected chi connectivity index (χ0v) is 12.9. The monoisotopic (exact) mass is 325 g/mol. The van der Waals surface area contributed by atoms with Crippen molar-refractivity contribution < 1.29 is 4.79 Å². The van der Waals surface area contributed by atoms with E-state index in [-0.39, 0.29) is 18.0 Å². The molecule has 1 heterocycles. The van der Waals surface area contributed by atoms with Gasteiger partial charge in [0.05, 0.1) is 0 Å². The van der Waals surface area contributed by atoms with E-state index >= 15 is 0 Å². The van der Waals surface area contributed by atoms with Crippen molar-refractivity contribution in [2.45, 2.75) is 37.9 Å². The average molecular weight is 326 g/mol. The van der Waals surface area contributed by atoms with E-state index in [4.69, 9.17) is 11.5 Å². The molecule has 104 valence electrons. The quantitative estimate of drug-likeness (QED) is 0.866. The van der Waals surface area contributed by atoms with Crippen LogP contribution in [0, 0.1) is 0 Å². The Kier molecular flexibility index (Phi) is 3.99. The van der Waals surface area contributed by atoms with Gasteiger partial charge in [0, 0.05) is 23.1 Å². The lowest BCUT2D eigenvalue weighted by Crippen LogP contribution is -2.53. The zero-order valence-electron chi connectivity index (χ0n) is 11.3. The van der Waals surface area contributed by atoms with Crippen molar-refractivity contribution in [2.24, 2.45) is 11.5 Å². The van der Waals surface area contributed by atoms with Crippen LogP contribution in [0.4, 0.5) is 0 Å². The van der Waals surface area contributed by atoms with E-state index in [1.54, 1.807) is 11.8 Å². The Hall–Kier alpha value is -0.910. The number of likely N-dealkylation sites (tertiary alicyclic amines) is 1. The molecule has 5 heteroatoms. The van der Waals surface area contributed by atoms with Crippen LogP contribution in [-0.4, -0.2) is 29.4 Å². The summed E-state index contributed by atoms with van der Waals surface area (Å²) in [7, 11) is 0. The van der Waals surface area contributed by atoms with Crippen molar-refractivity contribution in [1.29, 1.82) is 0 Å². The van der Waals surface area contributed by atoms with Gasteiger partial charge < -0.3 is 16.4 Å². The van der Waals surface area contributed by atoms with Crippen LogP contribution >= 0.6 is 15.9 Å². The summed E-state index contributed by atoms with van der Waals surface area (Å²) >= 11 is 3.38. The van der Waals surface area contributed by atoms with Crippen molar-refractivity contribution in [3.63, 3.8) is 0 Å². The molecule has 1 fully saturated rings. The number of nitrogens with zero attached hydrogens (tertiary/aromatic N) is 1. The number of halogens is 1. The Morgan fingerprint density at radius 3 is 2.47 bits per heavy atom. The van der Waals surface area contributed by atoms with E-state index in [0.717, 1.165) is 16.5 Å². The van der Waals surface area contributed by atoms with Crippen LogP contribution in [0.5, 0.6) is 0 Å². The number of nitrogens with two attached hydrogens (primary N) is 2. The molecule has 1 amide bonds. The predicted octanol–water partition coefficient (Wildman–Crippen LogP) is 1.57. The first kappa shape index (κ1) is 14.5. The highest BCUT2D eigenvalue weighted by atomic mass is 79.9. The van der Waals surface area contributed by atoms with Gasteiger partial charge in [-0.1, -0.05) is 28.1 Å². The second-order valence-electron chi connectivity index (χ2n) is 5.40. The van der Waals surface area contributed by atoms with Gasteiger partial charge in [0.2, 0.25) is 5.91 Å². The van der Waals surface area contributed by atoms with Crippen LogP contribution in [0.3, 0.4) is 0 Å². The van der Waals surface area contributed by atoms with Crippen LogP contribution < -0.4 is 11.5 Å². The molecule has 0 bridgehead atoms. The van der Waals surface area contributed by atoms with Crippen molar-refractivity contribution in [3.05, 3.63) is 34.3 Å². The van der Waals surface area contributed by atoms with E-state index in [9.17, 15) is 4.79 Å². The lowest BCUT2D eigenvalue weighted by molar-refractivity contribution is -0.137. The Labute approximate surface area is 122 Å². The highest BCUT2D eigenvalue weighted by molar-refractivity contribution is 9.10. The third kappa shape index (κ3) is 2.68. The predicted molar refractivity (Wildman–Crippen MR) is 79.4 cm³/mol.